The summed E-state index contributed by atoms with van der Waals surface area (Å²) in [6, 6.07) is 6.07. The van der Waals surface area contributed by atoms with Crippen LogP contribution in [0.25, 0.3) is 0 Å². The highest BCUT2D eigenvalue weighted by molar-refractivity contribution is 7.89. The van der Waals surface area contributed by atoms with Crippen molar-refractivity contribution in [1.29, 1.82) is 0 Å². The average molecular weight is 430 g/mol. The third-order valence-electron chi connectivity index (χ3n) is 4.44. The molecule has 11 heteroatoms. The predicted octanol–water partition coefficient (Wildman–Crippen LogP) is 0.755. The number of likely N-dealkylation sites (N-methyl/N-ethyl adjacent to an activating group) is 1. The normalized spacial score (nSPS) is 16.8. The number of aryl methyl sites for hydroxylation is 1. The summed E-state index contributed by atoms with van der Waals surface area (Å²) in [6.45, 7) is 3.54. The molecule has 2 aromatic rings. The van der Waals surface area contributed by atoms with Gasteiger partial charge in [0.05, 0.1) is 4.90 Å². The third kappa shape index (κ3) is 5.28. The second-order valence-electron chi connectivity index (χ2n) is 6.49. The first-order valence-electron chi connectivity index (χ1n) is 8.73. The fourth-order valence-electron chi connectivity index (χ4n) is 2.83. The molecule has 2 N–H and O–H groups in total. The van der Waals surface area contributed by atoms with Crippen molar-refractivity contribution in [3.63, 3.8) is 0 Å². The van der Waals surface area contributed by atoms with Crippen LogP contribution in [0.4, 0.5) is 0 Å². The maximum absolute atomic E-state index is 12.7. The van der Waals surface area contributed by atoms with E-state index in [1.54, 1.807) is 6.92 Å². The Kier molecular flexibility index (Phi) is 7.53. The van der Waals surface area contributed by atoms with E-state index >= 15 is 0 Å². The fourth-order valence-corrected chi connectivity index (χ4v) is 4.00. The minimum absolute atomic E-state index is 0. The molecule has 0 radical (unpaired) electrons. The number of nitrogens with zero attached hydrogens (tertiary/aromatic N) is 3. The first kappa shape index (κ1) is 22.3. The van der Waals surface area contributed by atoms with Gasteiger partial charge >= 0.3 is 0 Å². The van der Waals surface area contributed by atoms with Gasteiger partial charge in [0, 0.05) is 45.1 Å². The topological polar surface area (TPSA) is 117 Å². The summed E-state index contributed by atoms with van der Waals surface area (Å²) < 4.78 is 31.5. The Morgan fingerprint density at radius 2 is 2.07 bits per heavy atom. The van der Waals surface area contributed by atoms with Gasteiger partial charge in [-0.3, -0.25) is 4.79 Å². The van der Waals surface area contributed by atoms with E-state index in [-0.39, 0.29) is 35.8 Å². The van der Waals surface area contributed by atoms with Crippen LogP contribution in [0.1, 0.15) is 28.5 Å². The third-order valence-corrected chi connectivity index (χ3v) is 6.31. The lowest BCUT2D eigenvalue weighted by Gasteiger charge is -2.17. The van der Waals surface area contributed by atoms with Crippen molar-refractivity contribution in [3.05, 3.63) is 41.5 Å². The molecule has 1 atom stereocenters. The second-order valence-corrected chi connectivity index (χ2v) is 8.54. The van der Waals surface area contributed by atoms with Gasteiger partial charge in [0.1, 0.15) is 0 Å². The van der Waals surface area contributed by atoms with Gasteiger partial charge in [0.25, 0.3) is 5.91 Å². The van der Waals surface area contributed by atoms with Gasteiger partial charge in [-0.15, -0.1) is 12.4 Å². The van der Waals surface area contributed by atoms with Gasteiger partial charge in [-0.1, -0.05) is 5.16 Å². The van der Waals surface area contributed by atoms with Crippen LogP contribution in [-0.4, -0.2) is 61.5 Å². The molecule has 0 aliphatic carbocycles. The summed E-state index contributed by atoms with van der Waals surface area (Å²) in [5.41, 5.74) is 0.436. The predicted molar refractivity (Wildman–Crippen MR) is 105 cm³/mol. The molecule has 1 amide bonds. The summed E-state index contributed by atoms with van der Waals surface area (Å²) in [6.07, 6.45) is 1.24. The van der Waals surface area contributed by atoms with Gasteiger partial charge in [-0.05, 0) is 37.2 Å². The van der Waals surface area contributed by atoms with Crippen molar-refractivity contribution in [1.82, 2.24) is 25.1 Å². The van der Waals surface area contributed by atoms with Crippen LogP contribution in [-0.2, 0) is 16.4 Å². The largest absolute Gasteiger partial charge is 0.348 e. The first-order chi connectivity index (χ1) is 12.9. The molecular formula is C17H24ClN5O4S. The van der Waals surface area contributed by atoms with Crippen molar-refractivity contribution in [2.45, 2.75) is 30.7 Å². The Hall–Kier alpha value is -2.01. The number of benzene rings is 1. The number of carbonyl (C=O) groups is 1. The molecule has 1 aromatic carbocycles. The number of nitrogens with one attached hydrogen (secondary N) is 2. The summed E-state index contributed by atoms with van der Waals surface area (Å²) in [4.78, 5) is 16.4. The SMILES string of the molecule is Cc1nc(CCN(C)S(=O)(=O)c2ccc(C(=O)N[C@H]3CCNC3)cc2)no1.Cl. The molecule has 0 spiro atoms. The molecule has 3 rings (SSSR count). The second kappa shape index (κ2) is 9.46. The van der Waals surface area contributed by atoms with E-state index in [1.807, 2.05) is 0 Å². The molecule has 1 aromatic heterocycles. The molecular weight excluding hydrogens is 406 g/mol. The Morgan fingerprint density at radius 3 is 2.64 bits per heavy atom. The number of amides is 1. The van der Waals surface area contributed by atoms with Crippen LogP contribution in [0.5, 0.6) is 0 Å². The van der Waals surface area contributed by atoms with E-state index in [2.05, 4.69) is 20.8 Å². The summed E-state index contributed by atoms with van der Waals surface area (Å²) in [5.74, 6) is 0.703. The van der Waals surface area contributed by atoms with Crippen LogP contribution in [0, 0.1) is 6.92 Å². The molecule has 1 saturated heterocycles. The summed E-state index contributed by atoms with van der Waals surface area (Å²) >= 11 is 0. The molecule has 154 valence electrons. The maximum Gasteiger partial charge on any atom is 0.251 e. The number of rotatable bonds is 7. The van der Waals surface area contributed by atoms with E-state index in [0.29, 0.717) is 23.7 Å². The van der Waals surface area contributed by atoms with Crippen molar-refractivity contribution in [3.8, 4) is 0 Å². The van der Waals surface area contributed by atoms with Crippen LogP contribution in [0.3, 0.4) is 0 Å². The maximum atomic E-state index is 12.7. The average Bonchev–Trinajstić information content (AvgIpc) is 3.31. The Bertz CT molecular complexity index is 895. The molecule has 0 saturated carbocycles. The van der Waals surface area contributed by atoms with Crippen molar-refractivity contribution in [2.75, 3.05) is 26.7 Å². The van der Waals surface area contributed by atoms with E-state index < -0.39 is 10.0 Å². The molecule has 0 unspecified atom stereocenters. The number of sulfonamides is 1. The standard InChI is InChI=1S/C17H23N5O4S.ClH/c1-12-19-16(21-26-12)8-10-22(2)27(24,25)15-5-3-13(4-6-15)17(23)20-14-7-9-18-11-14;/h3-6,14,18H,7-11H2,1-2H3,(H,20,23);1H/t14-;/m0./s1. The Balaban J connectivity index is 0.00000280. The van der Waals surface area contributed by atoms with E-state index in [1.165, 1.54) is 35.6 Å². The highest BCUT2D eigenvalue weighted by Gasteiger charge is 2.22. The zero-order valence-corrected chi connectivity index (χ0v) is 17.3. The minimum atomic E-state index is -3.66. The van der Waals surface area contributed by atoms with Gasteiger partial charge in [0.2, 0.25) is 15.9 Å². The molecule has 1 fully saturated rings. The zero-order chi connectivity index (χ0) is 19.4. The quantitative estimate of drug-likeness (QED) is 0.666. The zero-order valence-electron chi connectivity index (χ0n) is 15.7. The highest BCUT2D eigenvalue weighted by atomic mass is 35.5. The van der Waals surface area contributed by atoms with Gasteiger partial charge < -0.3 is 15.2 Å². The number of aromatic nitrogens is 2. The summed E-state index contributed by atoms with van der Waals surface area (Å²) in [5, 5.41) is 9.87. The van der Waals surface area contributed by atoms with Crippen molar-refractivity contribution in [2.24, 2.45) is 0 Å². The van der Waals surface area contributed by atoms with Crippen LogP contribution >= 0.6 is 12.4 Å². The van der Waals surface area contributed by atoms with Gasteiger partial charge in [0.15, 0.2) is 5.82 Å². The smallest absolute Gasteiger partial charge is 0.251 e. The lowest BCUT2D eigenvalue weighted by molar-refractivity contribution is 0.0940. The fraction of sp³-hybridized carbons (Fsp3) is 0.471. The first-order valence-corrected chi connectivity index (χ1v) is 10.2. The minimum Gasteiger partial charge on any atom is -0.348 e. The number of halogens is 1. The lowest BCUT2D eigenvalue weighted by Crippen LogP contribution is -2.36. The van der Waals surface area contributed by atoms with Crippen LogP contribution in [0.15, 0.2) is 33.7 Å². The van der Waals surface area contributed by atoms with Crippen LogP contribution in [0.2, 0.25) is 0 Å². The Morgan fingerprint density at radius 1 is 1.36 bits per heavy atom. The van der Waals surface area contributed by atoms with E-state index in [0.717, 1.165) is 19.5 Å². The molecule has 1 aliphatic heterocycles. The molecule has 28 heavy (non-hydrogen) atoms. The Labute approximate surface area is 170 Å². The van der Waals surface area contributed by atoms with E-state index in [4.69, 9.17) is 4.52 Å². The monoisotopic (exact) mass is 429 g/mol. The number of hydrogen-bond donors (Lipinski definition) is 2. The van der Waals surface area contributed by atoms with Crippen LogP contribution < -0.4 is 10.6 Å². The number of hydrogen-bond acceptors (Lipinski definition) is 7. The molecule has 0 bridgehead atoms. The summed E-state index contributed by atoms with van der Waals surface area (Å²) in [7, 11) is -2.17. The lowest BCUT2D eigenvalue weighted by atomic mass is 10.2. The molecule has 2 heterocycles. The highest BCUT2D eigenvalue weighted by Crippen LogP contribution is 2.16. The van der Waals surface area contributed by atoms with Crippen molar-refractivity contribution < 1.29 is 17.7 Å². The molecule has 1 aliphatic rings. The van der Waals surface area contributed by atoms with E-state index in [9.17, 15) is 13.2 Å². The van der Waals surface area contributed by atoms with Gasteiger partial charge in [-0.2, -0.15) is 4.98 Å². The van der Waals surface area contributed by atoms with Crippen molar-refractivity contribution >= 4 is 28.3 Å². The molecule has 9 nitrogen and oxygen atoms in total. The van der Waals surface area contributed by atoms with Gasteiger partial charge in [-0.25, -0.2) is 12.7 Å². The number of carbonyl (C=O) groups excluding carboxylic acids is 1.